The van der Waals surface area contributed by atoms with Crippen molar-refractivity contribution in [3.63, 3.8) is 0 Å². The van der Waals surface area contributed by atoms with E-state index in [1.807, 2.05) is 35.2 Å². The molecule has 4 heteroatoms. The topological polar surface area (TPSA) is 49.8 Å². The number of aromatic hydroxyl groups is 1. The number of carbonyl (C=O) groups is 1. The Balaban J connectivity index is 1.64. The molecular formula is C22H23NO3. The van der Waals surface area contributed by atoms with E-state index in [2.05, 4.69) is 11.8 Å². The lowest BCUT2D eigenvalue weighted by atomic mass is 10.2. The summed E-state index contributed by atoms with van der Waals surface area (Å²) in [4.78, 5) is 14.5. The molecule has 0 atom stereocenters. The third-order valence-electron chi connectivity index (χ3n) is 4.56. The molecule has 0 radical (unpaired) electrons. The van der Waals surface area contributed by atoms with Crippen molar-refractivity contribution < 1.29 is 14.6 Å². The molecule has 0 unspecified atom stereocenters. The Kier molecular flexibility index (Phi) is 6.16. The standard InChI is InChI=1S/C22H23NO3/c24-20-14-6-7-15-21(20)26-17-22(25)23(19-12-4-5-13-19)16-8-11-18-9-2-1-3-10-18/h1-3,6-7,9-10,14-15,19,24H,4-5,12-13,16-17H2. The minimum Gasteiger partial charge on any atom is -0.504 e. The maximum Gasteiger partial charge on any atom is 0.261 e. The first-order valence-corrected chi connectivity index (χ1v) is 8.98. The van der Waals surface area contributed by atoms with Crippen LogP contribution in [-0.4, -0.2) is 35.1 Å². The second-order valence-corrected chi connectivity index (χ2v) is 6.38. The van der Waals surface area contributed by atoms with Gasteiger partial charge >= 0.3 is 0 Å². The summed E-state index contributed by atoms with van der Waals surface area (Å²) < 4.78 is 5.51. The average molecular weight is 349 g/mol. The maximum absolute atomic E-state index is 12.7. The molecule has 1 N–H and O–H groups in total. The molecule has 0 aliphatic heterocycles. The van der Waals surface area contributed by atoms with Crippen LogP contribution in [0, 0.1) is 11.8 Å². The molecule has 2 aromatic rings. The van der Waals surface area contributed by atoms with Gasteiger partial charge in [0.2, 0.25) is 0 Å². The van der Waals surface area contributed by atoms with E-state index < -0.39 is 0 Å². The molecule has 1 amide bonds. The molecule has 0 heterocycles. The van der Waals surface area contributed by atoms with Gasteiger partial charge in [-0.3, -0.25) is 4.79 Å². The van der Waals surface area contributed by atoms with Gasteiger partial charge < -0.3 is 14.7 Å². The minimum absolute atomic E-state index is 0.0385. The van der Waals surface area contributed by atoms with Crippen molar-refractivity contribution in [1.82, 2.24) is 4.90 Å². The SMILES string of the molecule is O=C(COc1ccccc1O)N(CC#Cc1ccccc1)C1CCCC1. The number of benzene rings is 2. The van der Waals surface area contributed by atoms with Gasteiger partial charge in [0.1, 0.15) is 0 Å². The number of phenolic OH excluding ortho intramolecular Hbond substituents is 1. The highest BCUT2D eigenvalue weighted by Gasteiger charge is 2.26. The number of amides is 1. The predicted molar refractivity (Wildman–Crippen MR) is 101 cm³/mol. The number of rotatable bonds is 5. The lowest BCUT2D eigenvalue weighted by molar-refractivity contribution is -0.134. The molecule has 0 spiro atoms. The van der Waals surface area contributed by atoms with E-state index in [1.165, 1.54) is 0 Å². The van der Waals surface area contributed by atoms with Gasteiger partial charge in [-0.05, 0) is 37.1 Å². The van der Waals surface area contributed by atoms with Gasteiger partial charge in [-0.25, -0.2) is 0 Å². The van der Waals surface area contributed by atoms with Crippen LogP contribution in [0.4, 0.5) is 0 Å². The number of nitrogens with zero attached hydrogens (tertiary/aromatic N) is 1. The summed E-state index contributed by atoms with van der Waals surface area (Å²) in [5.41, 5.74) is 0.941. The highest BCUT2D eigenvalue weighted by Crippen LogP contribution is 2.26. The molecule has 3 rings (SSSR count). The quantitative estimate of drug-likeness (QED) is 0.839. The molecule has 1 aliphatic carbocycles. The molecule has 1 saturated carbocycles. The van der Waals surface area contributed by atoms with Gasteiger partial charge in [-0.1, -0.05) is 55.0 Å². The van der Waals surface area contributed by atoms with Crippen LogP contribution in [-0.2, 0) is 4.79 Å². The van der Waals surface area contributed by atoms with Gasteiger partial charge in [-0.15, -0.1) is 0 Å². The zero-order valence-electron chi connectivity index (χ0n) is 14.7. The van der Waals surface area contributed by atoms with Crippen molar-refractivity contribution >= 4 is 5.91 Å². The first-order chi connectivity index (χ1) is 12.7. The smallest absolute Gasteiger partial charge is 0.261 e. The van der Waals surface area contributed by atoms with E-state index in [0.717, 1.165) is 31.2 Å². The molecule has 26 heavy (non-hydrogen) atoms. The van der Waals surface area contributed by atoms with Crippen molar-refractivity contribution in [2.24, 2.45) is 0 Å². The number of para-hydroxylation sites is 2. The third kappa shape index (κ3) is 4.80. The zero-order chi connectivity index (χ0) is 18.2. The lowest BCUT2D eigenvalue weighted by Gasteiger charge is -2.27. The summed E-state index contributed by atoms with van der Waals surface area (Å²) in [5, 5.41) is 9.77. The summed E-state index contributed by atoms with van der Waals surface area (Å²) in [5.74, 6) is 6.50. The minimum atomic E-state index is -0.0961. The van der Waals surface area contributed by atoms with Gasteiger partial charge in [0.05, 0.1) is 6.54 Å². The molecule has 1 aliphatic rings. The van der Waals surface area contributed by atoms with Crippen LogP contribution in [0.25, 0.3) is 0 Å². The van der Waals surface area contributed by atoms with Crippen LogP contribution in [0.2, 0.25) is 0 Å². The van der Waals surface area contributed by atoms with Crippen LogP contribution in [0.15, 0.2) is 54.6 Å². The van der Waals surface area contributed by atoms with Crippen LogP contribution in [0.3, 0.4) is 0 Å². The van der Waals surface area contributed by atoms with E-state index in [1.54, 1.807) is 24.3 Å². The monoisotopic (exact) mass is 349 g/mol. The molecule has 0 aromatic heterocycles. The highest BCUT2D eigenvalue weighted by molar-refractivity contribution is 5.78. The van der Waals surface area contributed by atoms with Crippen molar-refractivity contribution in [2.75, 3.05) is 13.2 Å². The summed E-state index contributed by atoms with van der Waals surface area (Å²) in [6.45, 7) is 0.295. The van der Waals surface area contributed by atoms with E-state index >= 15 is 0 Å². The van der Waals surface area contributed by atoms with E-state index in [-0.39, 0.29) is 24.3 Å². The van der Waals surface area contributed by atoms with Crippen LogP contribution in [0.1, 0.15) is 31.2 Å². The Labute approximate surface area is 154 Å². The third-order valence-corrected chi connectivity index (χ3v) is 4.56. The van der Waals surface area contributed by atoms with Crippen molar-refractivity contribution in [3.8, 4) is 23.3 Å². The van der Waals surface area contributed by atoms with Crippen LogP contribution in [0.5, 0.6) is 11.5 Å². The van der Waals surface area contributed by atoms with E-state index in [0.29, 0.717) is 12.3 Å². The van der Waals surface area contributed by atoms with Crippen molar-refractivity contribution in [1.29, 1.82) is 0 Å². The van der Waals surface area contributed by atoms with Crippen LogP contribution >= 0.6 is 0 Å². The molecule has 0 bridgehead atoms. The first kappa shape index (κ1) is 17.9. The molecule has 1 fully saturated rings. The summed E-state index contributed by atoms with van der Waals surface area (Å²) in [7, 11) is 0. The van der Waals surface area contributed by atoms with Gasteiger partial charge in [0.15, 0.2) is 18.1 Å². The normalized spacial score (nSPS) is 13.7. The maximum atomic E-state index is 12.7. The van der Waals surface area contributed by atoms with Crippen molar-refractivity contribution in [3.05, 3.63) is 60.2 Å². The van der Waals surface area contributed by atoms with Gasteiger partial charge in [0.25, 0.3) is 5.91 Å². The van der Waals surface area contributed by atoms with Gasteiger partial charge in [-0.2, -0.15) is 0 Å². The molecule has 2 aromatic carbocycles. The fourth-order valence-electron chi connectivity index (χ4n) is 3.19. The number of phenols is 1. The summed E-state index contributed by atoms with van der Waals surface area (Å²) >= 11 is 0. The number of carbonyl (C=O) groups excluding carboxylic acids is 1. The zero-order valence-corrected chi connectivity index (χ0v) is 14.7. The Morgan fingerprint density at radius 1 is 1.08 bits per heavy atom. The molecule has 134 valence electrons. The second-order valence-electron chi connectivity index (χ2n) is 6.38. The summed E-state index contributed by atoms with van der Waals surface area (Å²) in [6, 6.07) is 16.7. The van der Waals surface area contributed by atoms with Crippen LogP contribution < -0.4 is 4.74 Å². The molecular weight excluding hydrogens is 326 g/mol. The first-order valence-electron chi connectivity index (χ1n) is 8.98. The highest BCUT2D eigenvalue weighted by atomic mass is 16.5. The largest absolute Gasteiger partial charge is 0.504 e. The van der Waals surface area contributed by atoms with Gasteiger partial charge in [0, 0.05) is 11.6 Å². The fourth-order valence-corrected chi connectivity index (χ4v) is 3.19. The predicted octanol–water partition coefficient (Wildman–Crippen LogP) is 3.59. The Bertz CT molecular complexity index is 786. The Morgan fingerprint density at radius 3 is 2.50 bits per heavy atom. The number of hydrogen-bond acceptors (Lipinski definition) is 3. The second kappa shape index (κ2) is 8.96. The fraction of sp³-hybridized carbons (Fsp3) is 0.318. The van der Waals surface area contributed by atoms with E-state index in [4.69, 9.17) is 4.74 Å². The average Bonchev–Trinajstić information content (AvgIpc) is 3.19. The number of hydrogen-bond donors (Lipinski definition) is 1. The summed E-state index contributed by atoms with van der Waals surface area (Å²) in [6.07, 6.45) is 4.30. The number of ether oxygens (including phenoxy) is 1. The van der Waals surface area contributed by atoms with E-state index in [9.17, 15) is 9.90 Å². The van der Waals surface area contributed by atoms with Crippen molar-refractivity contribution in [2.45, 2.75) is 31.7 Å². The Morgan fingerprint density at radius 2 is 1.77 bits per heavy atom. The molecule has 4 nitrogen and oxygen atoms in total. The molecule has 0 saturated heterocycles. The Hall–Kier alpha value is -2.93. The lowest BCUT2D eigenvalue weighted by Crippen LogP contribution is -2.41.